The summed E-state index contributed by atoms with van der Waals surface area (Å²) in [7, 11) is 0. The van der Waals surface area contributed by atoms with Crippen molar-refractivity contribution in [3.63, 3.8) is 0 Å². The molecule has 0 aliphatic heterocycles. The van der Waals surface area contributed by atoms with Gasteiger partial charge in [0.25, 0.3) is 5.69 Å². The zero-order valence-corrected chi connectivity index (χ0v) is 17.9. The van der Waals surface area contributed by atoms with Crippen molar-refractivity contribution in [1.82, 2.24) is 0 Å². The number of hydrogen-bond acceptors (Lipinski definition) is 4. The predicted molar refractivity (Wildman–Crippen MR) is 130 cm³/mol. The lowest BCUT2D eigenvalue weighted by Gasteiger charge is -2.08. The average Bonchev–Trinajstić information content (AvgIpc) is 2.83. The molecule has 2 N–H and O–H groups in total. The first-order valence-corrected chi connectivity index (χ1v) is 10.1. The molecule has 4 aromatic rings. The lowest BCUT2D eigenvalue weighted by atomic mass is 10.0. The highest BCUT2D eigenvalue weighted by Crippen LogP contribution is 2.38. The fourth-order valence-corrected chi connectivity index (χ4v) is 3.06. The van der Waals surface area contributed by atoms with E-state index in [1.807, 2.05) is 42.5 Å². The van der Waals surface area contributed by atoms with Crippen LogP contribution < -0.4 is 10.5 Å². The van der Waals surface area contributed by atoms with E-state index in [0.29, 0.717) is 5.75 Å². The molecule has 0 heterocycles. The van der Waals surface area contributed by atoms with Crippen LogP contribution in [0.4, 0.5) is 11.4 Å². The number of nitrogens with zero attached hydrogens (tertiary/aromatic N) is 1. The van der Waals surface area contributed by atoms with Gasteiger partial charge in [0.15, 0.2) is 0 Å². The minimum atomic E-state index is -0.590. The summed E-state index contributed by atoms with van der Waals surface area (Å²) in [4.78, 5) is 10.1. The summed E-state index contributed by atoms with van der Waals surface area (Å²) < 4.78 is 5.49. The number of nitrogens with two attached hydrogens (primary N) is 1. The van der Waals surface area contributed by atoms with E-state index < -0.39 is 4.92 Å². The molecule has 160 valence electrons. The molecule has 0 fully saturated rings. The van der Waals surface area contributed by atoms with Crippen molar-refractivity contribution in [2.75, 3.05) is 5.73 Å². The van der Waals surface area contributed by atoms with Crippen LogP contribution >= 0.6 is 11.6 Å². The molecule has 4 rings (SSSR count). The molecule has 32 heavy (non-hydrogen) atoms. The van der Waals surface area contributed by atoms with Gasteiger partial charge < -0.3 is 10.5 Å². The number of nitro benzene ring substituents is 1. The normalized spacial score (nSPS) is 9.91. The number of para-hydroxylation sites is 1. The van der Waals surface area contributed by atoms with Crippen LogP contribution in [0.2, 0.25) is 5.02 Å². The second kappa shape index (κ2) is 10.8. The largest absolute Gasteiger partial charge is 0.456 e. The van der Waals surface area contributed by atoms with Crippen LogP contribution in [0.3, 0.4) is 0 Å². The highest BCUT2D eigenvalue weighted by Gasteiger charge is 2.18. The van der Waals surface area contributed by atoms with Gasteiger partial charge in [-0.3, -0.25) is 10.1 Å². The maximum absolute atomic E-state index is 10.7. The molecule has 0 radical (unpaired) electrons. The fraction of sp³-hybridized carbons (Fsp3) is 0. The van der Waals surface area contributed by atoms with E-state index in [9.17, 15) is 10.1 Å². The molecule has 0 amide bonds. The van der Waals surface area contributed by atoms with Crippen molar-refractivity contribution in [3.05, 3.63) is 136 Å². The Labute approximate surface area is 191 Å². The molecule has 0 aliphatic rings. The Kier molecular flexibility index (Phi) is 7.62. The van der Waals surface area contributed by atoms with Crippen molar-refractivity contribution in [2.45, 2.75) is 0 Å². The predicted octanol–water partition coefficient (Wildman–Crippen LogP) is 7.37. The van der Waals surface area contributed by atoms with E-state index in [4.69, 9.17) is 22.1 Å². The molecular formula is C26H21ClN2O3. The maximum atomic E-state index is 10.7. The van der Waals surface area contributed by atoms with Gasteiger partial charge in [0.2, 0.25) is 0 Å². The van der Waals surface area contributed by atoms with Crippen LogP contribution in [0, 0.1) is 10.1 Å². The van der Waals surface area contributed by atoms with Gasteiger partial charge in [0.05, 0.1) is 4.92 Å². The number of halogens is 1. The number of ether oxygens (including phenoxy) is 1. The zero-order chi connectivity index (χ0) is 22.9. The molecule has 0 bridgehead atoms. The molecule has 5 nitrogen and oxygen atoms in total. The number of rotatable bonds is 5. The molecular weight excluding hydrogens is 424 g/mol. The van der Waals surface area contributed by atoms with Gasteiger partial charge in [0.1, 0.15) is 22.2 Å². The third-order valence-electron chi connectivity index (χ3n) is 4.53. The highest BCUT2D eigenvalue weighted by atomic mass is 35.5. The van der Waals surface area contributed by atoms with Crippen LogP contribution in [-0.2, 0) is 0 Å². The number of nitro groups is 1. The average molecular weight is 445 g/mol. The first-order chi connectivity index (χ1) is 15.5. The highest BCUT2D eigenvalue weighted by molar-refractivity contribution is 6.35. The molecule has 0 saturated carbocycles. The van der Waals surface area contributed by atoms with Gasteiger partial charge in [-0.25, -0.2) is 0 Å². The van der Waals surface area contributed by atoms with Crippen molar-refractivity contribution >= 4 is 28.5 Å². The molecule has 6 heteroatoms. The monoisotopic (exact) mass is 444 g/mol. The molecule has 0 unspecified atom stereocenters. The topological polar surface area (TPSA) is 78.4 Å². The van der Waals surface area contributed by atoms with E-state index in [0.717, 1.165) is 5.57 Å². The van der Waals surface area contributed by atoms with E-state index in [1.165, 1.54) is 23.3 Å². The molecule has 0 atom stereocenters. The summed E-state index contributed by atoms with van der Waals surface area (Å²) in [5.41, 5.74) is 8.68. The van der Waals surface area contributed by atoms with Gasteiger partial charge in [-0.15, -0.1) is 0 Å². The first kappa shape index (κ1) is 22.6. The summed E-state index contributed by atoms with van der Waals surface area (Å²) in [5.74, 6) is 0.860. The van der Waals surface area contributed by atoms with E-state index in [2.05, 4.69) is 30.8 Å². The van der Waals surface area contributed by atoms with Gasteiger partial charge in [-0.1, -0.05) is 97.0 Å². The Balaban J connectivity index is 0.000000186. The summed E-state index contributed by atoms with van der Waals surface area (Å²) in [6.45, 7) is 4.10. The SMILES string of the molecule is C=C(c1ccccc1)c1ccccc1.Nc1c([N+](=O)[O-])ccc(Oc2ccccc2)c1Cl. The lowest BCUT2D eigenvalue weighted by molar-refractivity contribution is -0.383. The number of benzene rings is 4. The molecule has 0 aromatic heterocycles. The van der Waals surface area contributed by atoms with Crippen LogP contribution in [0.25, 0.3) is 5.57 Å². The number of hydrogen-bond donors (Lipinski definition) is 1. The van der Waals surface area contributed by atoms with Crippen LogP contribution in [-0.4, -0.2) is 4.92 Å². The van der Waals surface area contributed by atoms with E-state index >= 15 is 0 Å². The Morgan fingerprint density at radius 3 is 1.75 bits per heavy atom. The van der Waals surface area contributed by atoms with Crippen LogP contribution in [0.1, 0.15) is 11.1 Å². The third-order valence-corrected chi connectivity index (χ3v) is 4.92. The second-order valence-electron chi connectivity index (χ2n) is 6.69. The minimum absolute atomic E-state index is 0.0352. The quantitative estimate of drug-likeness (QED) is 0.198. The lowest BCUT2D eigenvalue weighted by Crippen LogP contribution is -1.97. The Morgan fingerprint density at radius 1 is 0.812 bits per heavy atom. The number of nitrogen functional groups attached to an aromatic ring is 1. The van der Waals surface area contributed by atoms with Gasteiger partial charge >= 0.3 is 0 Å². The summed E-state index contributed by atoms with van der Waals surface area (Å²) in [5, 5.41) is 10.7. The van der Waals surface area contributed by atoms with Gasteiger partial charge in [-0.05, 0) is 34.9 Å². The summed E-state index contributed by atoms with van der Waals surface area (Å²) in [6.07, 6.45) is 0. The fourth-order valence-electron chi connectivity index (χ4n) is 2.86. The van der Waals surface area contributed by atoms with E-state index in [1.54, 1.807) is 24.3 Å². The van der Waals surface area contributed by atoms with Crippen molar-refractivity contribution in [2.24, 2.45) is 0 Å². The summed E-state index contributed by atoms with van der Waals surface area (Å²) in [6, 6.07) is 32.1. The number of anilines is 1. The molecule has 0 saturated heterocycles. The third kappa shape index (κ3) is 5.74. The Bertz CT molecular complexity index is 1160. The Hall–Kier alpha value is -4.09. The molecule has 0 aliphatic carbocycles. The van der Waals surface area contributed by atoms with Crippen LogP contribution in [0.5, 0.6) is 11.5 Å². The Morgan fingerprint density at radius 2 is 1.28 bits per heavy atom. The van der Waals surface area contributed by atoms with E-state index in [-0.39, 0.29) is 22.1 Å². The van der Waals surface area contributed by atoms with Crippen molar-refractivity contribution in [1.29, 1.82) is 0 Å². The second-order valence-corrected chi connectivity index (χ2v) is 7.07. The smallest absolute Gasteiger partial charge is 0.293 e. The maximum Gasteiger partial charge on any atom is 0.293 e. The standard InChI is InChI=1S/C14H12.C12H9ClN2O3/c1-12(13-8-4-2-5-9-13)14-10-6-3-7-11-14;13-11-10(18-8-4-2-1-3-5-8)7-6-9(12(11)14)15(16)17/h2-11H,1H2;1-7H,14H2. The van der Waals surface area contributed by atoms with Crippen molar-refractivity contribution < 1.29 is 9.66 Å². The zero-order valence-electron chi connectivity index (χ0n) is 17.1. The molecule has 0 spiro atoms. The molecule has 4 aromatic carbocycles. The first-order valence-electron chi connectivity index (χ1n) is 9.72. The van der Waals surface area contributed by atoms with Crippen molar-refractivity contribution in [3.8, 4) is 11.5 Å². The minimum Gasteiger partial charge on any atom is -0.456 e. The van der Waals surface area contributed by atoms with Gasteiger partial charge in [-0.2, -0.15) is 0 Å². The van der Waals surface area contributed by atoms with Crippen LogP contribution in [0.15, 0.2) is 110 Å². The summed E-state index contributed by atoms with van der Waals surface area (Å²) >= 11 is 5.94. The van der Waals surface area contributed by atoms with Gasteiger partial charge in [0, 0.05) is 6.07 Å².